The van der Waals surface area contributed by atoms with E-state index in [0.29, 0.717) is 46.6 Å². The lowest BCUT2D eigenvalue weighted by molar-refractivity contribution is -0.137. The third-order valence-electron chi connectivity index (χ3n) is 7.83. The summed E-state index contributed by atoms with van der Waals surface area (Å²) in [5, 5.41) is 9.58. The zero-order valence-corrected chi connectivity index (χ0v) is 25.2. The van der Waals surface area contributed by atoms with E-state index in [1.54, 1.807) is 40.9 Å². The maximum Gasteiger partial charge on any atom is 0.416 e. The van der Waals surface area contributed by atoms with Crippen molar-refractivity contribution in [1.82, 2.24) is 19.9 Å². The molecule has 0 aliphatic carbocycles. The van der Waals surface area contributed by atoms with E-state index < -0.39 is 29.1 Å². The SMILES string of the molecule is O=C(NCc1cn2cc(C(=O)NCc3ccc(Cl)cc3)c(=O)c3cc(CN4CCOCC4)cc1c32)Nc1cccc(C(F)(F)F)c1. The fraction of sp³-hybridized carbons (Fsp3) is 0.242. The number of benzene rings is 3. The highest BCUT2D eigenvalue weighted by atomic mass is 35.5. The first-order valence-corrected chi connectivity index (χ1v) is 14.9. The molecule has 6 rings (SSSR count). The predicted molar refractivity (Wildman–Crippen MR) is 168 cm³/mol. The largest absolute Gasteiger partial charge is 0.416 e. The van der Waals surface area contributed by atoms with Gasteiger partial charge in [-0.25, -0.2) is 4.79 Å². The number of anilines is 1. The van der Waals surface area contributed by atoms with Crippen molar-refractivity contribution in [2.45, 2.75) is 25.8 Å². The zero-order chi connectivity index (χ0) is 32.4. The van der Waals surface area contributed by atoms with Gasteiger partial charge in [-0.3, -0.25) is 14.5 Å². The van der Waals surface area contributed by atoms with Crippen molar-refractivity contribution >= 4 is 45.5 Å². The number of amides is 3. The summed E-state index contributed by atoms with van der Waals surface area (Å²) in [7, 11) is 0. The van der Waals surface area contributed by atoms with Gasteiger partial charge in [0.25, 0.3) is 5.91 Å². The van der Waals surface area contributed by atoms with E-state index in [2.05, 4.69) is 20.9 Å². The summed E-state index contributed by atoms with van der Waals surface area (Å²) in [5.41, 5.74) is 1.58. The number of nitrogens with zero attached hydrogens (tertiary/aromatic N) is 2. The maximum absolute atomic E-state index is 13.8. The first kappa shape index (κ1) is 31.3. The quantitative estimate of drug-likeness (QED) is 0.201. The molecule has 3 amide bonds. The fourth-order valence-electron chi connectivity index (χ4n) is 5.55. The highest BCUT2D eigenvalue weighted by Crippen LogP contribution is 2.31. The molecule has 0 atom stereocenters. The number of nitrogens with one attached hydrogen (secondary N) is 3. The molecule has 1 aliphatic rings. The summed E-state index contributed by atoms with van der Waals surface area (Å²) < 4.78 is 46.5. The highest BCUT2D eigenvalue weighted by molar-refractivity contribution is 6.30. The number of carbonyl (C=O) groups is 2. The average Bonchev–Trinajstić information content (AvgIpc) is 3.39. The second-order valence-electron chi connectivity index (χ2n) is 11.1. The molecular weight excluding hydrogens is 623 g/mol. The van der Waals surface area contributed by atoms with Crippen LogP contribution >= 0.6 is 11.6 Å². The lowest BCUT2D eigenvalue weighted by Crippen LogP contribution is -2.35. The van der Waals surface area contributed by atoms with Gasteiger partial charge >= 0.3 is 12.2 Å². The smallest absolute Gasteiger partial charge is 0.379 e. The molecule has 0 bridgehead atoms. The van der Waals surface area contributed by atoms with Crippen LogP contribution in [0.1, 0.15) is 32.6 Å². The molecule has 3 heterocycles. The number of rotatable bonds is 8. The normalized spacial score (nSPS) is 14.1. The Bertz CT molecular complexity index is 1960. The van der Waals surface area contributed by atoms with Gasteiger partial charge in [0, 0.05) is 66.6 Å². The van der Waals surface area contributed by atoms with Crippen LogP contribution in [-0.2, 0) is 30.5 Å². The molecule has 0 radical (unpaired) electrons. The van der Waals surface area contributed by atoms with E-state index in [-0.39, 0.29) is 24.3 Å². The van der Waals surface area contributed by atoms with Crippen molar-refractivity contribution in [3.63, 3.8) is 0 Å². The highest BCUT2D eigenvalue weighted by Gasteiger charge is 2.30. The number of aromatic nitrogens is 1. The Morgan fingerprint density at radius 1 is 0.891 bits per heavy atom. The minimum atomic E-state index is -4.55. The van der Waals surface area contributed by atoms with Crippen LogP contribution in [0, 0.1) is 0 Å². The molecule has 0 unspecified atom stereocenters. The number of hydrogen-bond donors (Lipinski definition) is 3. The van der Waals surface area contributed by atoms with Gasteiger partial charge in [0.15, 0.2) is 0 Å². The molecule has 3 N–H and O–H groups in total. The molecule has 0 spiro atoms. The standard InChI is InChI=1S/C33H29ClF3N5O4/c34-24-6-4-20(5-7-24)15-38-31(44)28-19-42-18-22(16-39-32(45)40-25-3-1-2-23(14-25)33(35,36)37)26-12-21(13-27(29(26)42)30(28)43)17-41-8-10-46-11-9-41/h1-7,12-14,18-19H,8-11,15-17H2,(H,38,44)(H2,39,40,45). The van der Waals surface area contributed by atoms with E-state index in [4.69, 9.17) is 16.3 Å². The van der Waals surface area contributed by atoms with Gasteiger partial charge in [0.1, 0.15) is 5.56 Å². The Labute approximate surface area is 266 Å². The van der Waals surface area contributed by atoms with Crippen LogP contribution in [0.25, 0.3) is 16.3 Å². The number of hydrogen-bond acceptors (Lipinski definition) is 5. The van der Waals surface area contributed by atoms with E-state index in [1.807, 2.05) is 6.07 Å². The number of halogens is 4. The van der Waals surface area contributed by atoms with E-state index >= 15 is 0 Å². The van der Waals surface area contributed by atoms with Crippen LogP contribution in [0.2, 0.25) is 5.02 Å². The van der Waals surface area contributed by atoms with Crippen LogP contribution in [0.5, 0.6) is 0 Å². The van der Waals surface area contributed by atoms with Crippen LogP contribution in [0.4, 0.5) is 23.7 Å². The fourth-order valence-corrected chi connectivity index (χ4v) is 5.68. The van der Waals surface area contributed by atoms with Crippen molar-refractivity contribution in [3.8, 4) is 0 Å². The topological polar surface area (TPSA) is 104 Å². The Morgan fingerprint density at radius 3 is 2.37 bits per heavy atom. The molecule has 0 saturated carbocycles. The first-order chi connectivity index (χ1) is 22.0. The van der Waals surface area contributed by atoms with Gasteiger partial charge in [-0.05, 0) is 59.2 Å². The summed E-state index contributed by atoms with van der Waals surface area (Å²) >= 11 is 5.96. The third-order valence-corrected chi connectivity index (χ3v) is 8.09. The average molecular weight is 652 g/mol. The lowest BCUT2D eigenvalue weighted by atomic mass is 10.0. The van der Waals surface area contributed by atoms with E-state index in [0.717, 1.165) is 36.3 Å². The monoisotopic (exact) mass is 651 g/mol. The Hall–Kier alpha value is -4.65. The van der Waals surface area contributed by atoms with Crippen molar-refractivity contribution < 1.29 is 27.5 Å². The summed E-state index contributed by atoms with van der Waals surface area (Å²) in [4.78, 5) is 42.0. The second-order valence-corrected chi connectivity index (χ2v) is 11.5. The molecule has 1 fully saturated rings. The van der Waals surface area contributed by atoms with Gasteiger partial charge in [-0.2, -0.15) is 13.2 Å². The summed E-state index contributed by atoms with van der Waals surface area (Å²) in [5.74, 6) is -0.536. The second kappa shape index (κ2) is 13.0. The van der Waals surface area contributed by atoms with Gasteiger partial charge in [0.05, 0.1) is 24.3 Å². The van der Waals surface area contributed by atoms with Crippen LogP contribution in [0.15, 0.2) is 77.9 Å². The van der Waals surface area contributed by atoms with Crippen molar-refractivity contribution in [3.05, 3.63) is 116 Å². The lowest BCUT2D eigenvalue weighted by Gasteiger charge is -2.26. The third kappa shape index (κ3) is 6.94. The molecule has 46 heavy (non-hydrogen) atoms. The van der Waals surface area contributed by atoms with Gasteiger partial charge in [-0.15, -0.1) is 0 Å². The van der Waals surface area contributed by atoms with Crippen molar-refractivity contribution in [2.75, 3.05) is 31.6 Å². The molecule has 9 nitrogen and oxygen atoms in total. The first-order valence-electron chi connectivity index (χ1n) is 14.5. The number of pyridine rings is 1. The van der Waals surface area contributed by atoms with E-state index in [9.17, 15) is 27.6 Å². The maximum atomic E-state index is 13.8. The van der Waals surface area contributed by atoms with Crippen LogP contribution in [0.3, 0.4) is 0 Å². The van der Waals surface area contributed by atoms with Gasteiger partial charge in [-0.1, -0.05) is 29.8 Å². The Kier molecular flexibility index (Phi) is 8.85. The number of urea groups is 1. The van der Waals surface area contributed by atoms with Gasteiger partial charge < -0.3 is 25.1 Å². The zero-order valence-electron chi connectivity index (χ0n) is 24.4. The van der Waals surface area contributed by atoms with Gasteiger partial charge in [0.2, 0.25) is 5.43 Å². The molecule has 3 aromatic carbocycles. The summed E-state index contributed by atoms with van der Waals surface area (Å²) in [6.45, 7) is 3.41. The molecule has 13 heteroatoms. The molecule has 1 saturated heterocycles. The molecule has 238 valence electrons. The summed E-state index contributed by atoms with van der Waals surface area (Å²) in [6.07, 6.45) is -1.34. The van der Waals surface area contributed by atoms with Crippen LogP contribution in [-0.4, -0.2) is 47.5 Å². The molecule has 2 aromatic heterocycles. The minimum Gasteiger partial charge on any atom is -0.379 e. The molecule has 5 aromatic rings. The number of alkyl halides is 3. The molecule has 1 aliphatic heterocycles. The Balaban J connectivity index is 1.29. The predicted octanol–water partition coefficient (Wildman–Crippen LogP) is 5.65. The number of morpholine rings is 1. The number of ether oxygens (including phenoxy) is 1. The van der Waals surface area contributed by atoms with Crippen LogP contribution < -0.4 is 21.4 Å². The Morgan fingerprint density at radius 2 is 1.63 bits per heavy atom. The van der Waals surface area contributed by atoms with Crippen molar-refractivity contribution in [2.24, 2.45) is 0 Å². The minimum absolute atomic E-state index is 0.00876. The van der Waals surface area contributed by atoms with Crippen molar-refractivity contribution in [1.29, 1.82) is 0 Å². The number of carbonyl (C=O) groups excluding carboxylic acids is 2. The summed E-state index contributed by atoms with van der Waals surface area (Å²) in [6, 6.07) is 14.4. The van der Waals surface area contributed by atoms with E-state index in [1.165, 1.54) is 18.3 Å². The molecular formula is C33H29ClF3N5O4.